The Hall–Kier alpha value is -2.74. The minimum absolute atomic E-state index is 0. The maximum Gasteiger partial charge on any atom is 0.347 e. The Morgan fingerprint density at radius 1 is 1.14 bits per heavy atom. The van der Waals surface area contributed by atoms with Crippen LogP contribution in [0.2, 0.25) is 0 Å². The second-order valence-corrected chi connectivity index (χ2v) is 3.84. The van der Waals surface area contributed by atoms with Gasteiger partial charge >= 0.3 is 5.69 Å². The monoisotopic (exact) mass is 311 g/mol. The maximum absolute atomic E-state index is 11.1. The third kappa shape index (κ3) is 3.42. The Balaban J connectivity index is 0.00000220. The molecule has 0 amide bonds. The van der Waals surface area contributed by atoms with E-state index in [2.05, 4.69) is 0 Å². The average molecular weight is 312 g/mol. The maximum atomic E-state index is 11.1. The Morgan fingerprint density at radius 2 is 1.86 bits per heavy atom. The van der Waals surface area contributed by atoms with Crippen LogP contribution >= 0.6 is 0 Å². The van der Waals surface area contributed by atoms with Crippen molar-refractivity contribution in [3.63, 3.8) is 0 Å². The van der Waals surface area contributed by atoms with Crippen LogP contribution in [0.1, 0.15) is 0 Å². The number of non-ortho nitro benzene ring substituents is 1. The summed E-state index contributed by atoms with van der Waals surface area (Å²) in [6.07, 6.45) is 3.14. The molecule has 21 heavy (non-hydrogen) atoms. The number of aromatic nitrogens is 1. The molecule has 1 heterocycles. The summed E-state index contributed by atoms with van der Waals surface area (Å²) in [6, 6.07) is 6.82. The topological polar surface area (TPSA) is 99.4 Å². The number of pyridine rings is 1. The van der Waals surface area contributed by atoms with E-state index in [4.69, 9.17) is 4.74 Å². The second-order valence-electron chi connectivity index (χ2n) is 3.84. The van der Waals surface area contributed by atoms with Gasteiger partial charge in [0.1, 0.15) is 6.07 Å². The summed E-state index contributed by atoms with van der Waals surface area (Å²) in [5.74, 6) is 0.514. The van der Waals surface area contributed by atoms with Crippen molar-refractivity contribution in [1.82, 2.24) is 0 Å². The van der Waals surface area contributed by atoms with E-state index in [-0.39, 0.29) is 29.5 Å². The quantitative estimate of drug-likeness (QED) is 0.401. The van der Waals surface area contributed by atoms with Gasteiger partial charge in [0.15, 0.2) is 11.9 Å². The molecule has 0 N–H and O–H groups in total. The van der Waals surface area contributed by atoms with Crippen molar-refractivity contribution < 1.29 is 31.6 Å². The fourth-order valence-electron chi connectivity index (χ4n) is 1.71. The van der Waals surface area contributed by atoms with E-state index < -0.39 is 9.85 Å². The van der Waals surface area contributed by atoms with E-state index in [1.165, 1.54) is 23.8 Å². The zero-order valence-corrected chi connectivity index (χ0v) is 11.6. The normalized spacial score (nSPS) is 9.57. The molecule has 0 unspecified atom stereocenters. The van der Waals surface area contributed by atoms with Gasteiger partial charge in [-0.2, -0.15) is 4.57 Å². The SMILES string of the molecule is COc1ccc[n+](-c2ccc([N+](=O)[O-])cc2[N+](=O)[O-])c1.[Cl-]. The zero-order chi connectivity index (χ0) is 14.7. The van der Waals surface area contributed by atoms with Crippen molar-refractivity contribution >= 4 is 11.4 Å². The molecule has 0 saturated heterocycles. The van der Waals surface area contributed by atoms with Crippen LogP contribution in [0.3, 0.4) is 0 Å². The van der Waals surface area contributed by atoms with Crippen LogP contribution in [0.15, 0.2) is 42.7 Å². The predicted molar refractivity (Wildman–Crippen MR) is 67.8 cm³/mol. The van der Waals surface area contributed by atoms with Gasteiger partial charge in [-0.3, -0.25) is 20.2 Å². The molecule has 0 atom stereocenters. The van der Waals surface area contributed by atoms with Gasteiger partial charge in [-0.25, -0.2) is 0 Å². The first kappa shape index (κ1) is 16.3. The molecule has 9 heteroatoms. The lowest BCUT2D eigenvalue weighted by Crippen LogP contribution is -3.00. The number of methoxy groups -OCH3 is 1. The van der Waals surface area contributed by atoms with Crippen molar-refractivity contribution in [2.45, 2.75) is 0 Å². The fourth-order valence-corrected chi connectivity index (χ4v) is 1.71. The minimum atomic E-state index is -0.674. The summed E-state index contributed by atoms with van der Waals surface area (Å²) in [6.45, 7) is 0. The molecular formula is C12H10ClN3O5. The molecule has 0 saturated carbocycles. The van der Waals surface area contributed by atoms with Crippen LogP contribution in [0, 0.1) is 20.2 Å². The Labute approximate surface area is 125 Å². The molecule has 0 radical (unpaired) electrons. The molecule has 1 aromatic heterocycles. The highest BCUT2D eigenvalue weighted by molar-refractivity contribution is 5.53. The van der Waals surface area contributed by atoms with Gasteiger partial charge in [0.25, 0.3) is 11.4 Å². The first-order valence-corrected chi connectivity index (χ1v) is 5.51. The van der Waals surface area contributed by atoms with E-state index in [1.807, 2.05) is 0 Å². The van der Waals surface area contributed by atoms with Crippen molar-refractivity contribution in [3.05, 3.63) is 63.0 Å². The molecule has 2 rings (SSSR count). The highest BCUT2D eigenvalue weighted by atomic mass is 35.5. The number of hydrogen-bond donors (Lipinski definition) is 0. The Bertz CT molecular complexity index is 692. The van der Waals surface area contributed by atoms with E-state index >= 15 is 0 Å². The van der Waals surface area contributed by atoms with E-state index in [0.717, 1.165) is 6.07 Å². The van der Waals surface area contributed by atoms with Gasteiger partial charge in [-0.15, -0.1) is 0 Å². The summed E-state index contributed by atoms with van der Waals surface area (Å²) in [5.41, 5.74) is -0.458. The molecule has 0 spiro atoms. The van der Waals surface area contributed by atoms with Crippen molar-refractivity contribution in [2.24, 2.45) is 0 Å². The number of hydrogen-bond acceptors (Lipinski definition) is 5. The van der Waals surface area contributed by atoms with Crippen LogP contribution < -0.4 is 21.7 Å². The highest BCUT2D eigenvalue weighted by Gasteiger charge is 2.26. The molecule has 0 fully saturated rings. The number of nitro benzene ring substituents is 2. The van der Waals surface area contributed by atoms with E-state index in [0.29, 0.717) is 5.75 Å². The largest absolute Gasteiger partial charge is 1.00 e. The van der Waals surface area contributed by atoms with Crippen molar-refractivity contribution in [1.29, 1.82) is 0 Å². The first-order valence-electron chi connectivity index (χ1n) is 5.51. The van der Waals surface area contributed by atoms with Crippen molar-refractivity contribution in [3.8, 4) is 11.4 Å². The molecule has 8 nitrogen and oxygen atoms in total. The molecule has 0 aliphatic heterocycles. The lowest BCUT2D eigenvalue weighted by Gasteiger charge is -2.00. The average Bonchev–Trinajstić information content (AvgIpc) is 2.46. The lowest BCUT2D eigenvalue weighted by atomic mass is 10.2. The fraction of sp³-hybridized carbons (Fsp3) is 0.0833. The van der Waals surface area contributed by atoms with Crippen LogP contribution in [-0.2, 0) is 0 Å². The molecular weight excluding hydrogens is 302 g/mol. The molecule has 110 valence electrons. The molecule has 0 aliphatic rings. The van der Waals surface area contributed by atoms with Crippen LogP contribution in [-0.4, -0.2) is 17.0 Å². The molecule has 0 bridgehead atoms. The van der Waals surface area contributed by atoms with Crippen molar-refractivity contribution in [2.75, 3.05) is 7.11 Å². The molecule has 2 aromatic rings. The Morgan fingerprint density at radius 3 is 2.43 bits per heavy atom. The number of rotatable bonds is 4. The second kappa shape index (κ2) is 6.62. The van der Waals surface area contributed by atoms with Gasteiger partial charge in [0.2, 0.25) is 6.20 Å². The predicted octanol–water partition coefficient (Wildman–Crippen LogP) is -1.21. The first-order chi connectivity index (χ1) is 9.52. The van der Waals surface area contributed by atoms with Crippen LogP contribution in [0.4, 0.5) is 11.4 Å². The lowest BCUT2D eigenvalue weighted by molar-refractivity contribution is -0.601. The number of ether oxygens (including phenoxy) is 1. The standard InChI is InChI=1S/C12H10N3O5.ClH/c1-20-10-3-2-6-13(8-10)11-5-4-9(14(16)17)7-12(11)15(18)19;/h2-8H,1H3;1H/q+1;/p-1. The summed E-state index contributed by atoms with van der Waals surface area (Å²) in [4.78, 5) is 20.4. The number of nitrogens with zero attached hydrogens (tertiary/aromatic N) is 3. The highest BCUT2D eigenvalue weighted by Crippen LogP contribution is 2.24. The number of halogens is 1. The Kier molecular flexibility index (Phi) is 5.14. The van der Waals surface area contributed by atoms with Crippen LogP contribution in [0.25, 0.3) is 5.69 Å². The summed E-state index contributed by atoms with van der Waals surface area (Å²) >= 11 is 0. The number of nitro groups is 2. The summed E-state index contributed by atoms with van der Waals surface area (Å²) < 4.78 is 6.51. The van der Waals surface area contributed by atoms with E-state index in [1.54, 1.807) is 24.5 Å². The smallest absolute Gasteiger partial charge is 0.347 e. The molecule has 1 aromatic carbocycles. The van der Waals surface area contributed by atoms with Gasteiger partial charge in [-0.05, 0) is 6.07 Å². The van der Waals surface area contributed by atoms with Gasteiger partial charge in [0, 0.05) is 18.2 Å². The third-order valence-corrected chi connectivity index (χ3v) is 2.65. The van der Waals surface area contributed by atoms with Gasteiger partial charge < -0.3 is 17.1 Å². The van der Waals surface area contributed by atoms with Crippen LogP contribution in [0.5, 0.6) is 5.75 Å². The van der Waals surface area contributed by atoms with Gasteiger partial charge in [0.05, 0.1) is 17.0 Å². The molecule has 0 aliphatic carbocycles. The summed E-state index contributed by atoms with van der Waals surface area (Å²) in [7, 11) is 1.48. The summed E-state index contributed by atoms with van der Waals surface area (Å²) in [5, 5.41) is 21.7. The number of benzene rings is 1. The zero-order valence-electron chi connectivity index (χ0n) is 10.8. The van der Waals surface area contributed by atoms with E-state index in [9.17, 15) is 20.2 Å². The van der Waals surface area contributed by atoms with Gasteiger partial charge in [-0.1, -0.05) is 0 Å². The third-order valence-electron chi connectivity index (χ3n) is 2.65. The minimum Gasteiger partial charge on any atom is -1.00 e.